The third-order valence-electron chi connectivity index (χ3n) is 7.18. The van der Waals surface area contributed by atoms with E-state index >= 15 is 0 Å². The van der Waals surface area contributed by atoms with E-state index in [0.29, 0.717) is 29.8 Å². The lowest BCUT2D eigenvalue weighted by Crippen LogP contribution is -2.24. The fraction of sp³-hybridized carbons (Fsp3) is 0.138. The average molecular weight is 480 g/mol. The number of fused-ring (bicyclic) bond motifs is 4. The lowest BCUT2D eigenvalue weighted by atomic mass is 9.89. The lowest BCUT2D eigenvalue weighted by molar-refractivity contribution is 0.0989. The van der Waals surface area contributed by atoms with Crippen molar-refractivity contribution in [1.82, 2.24) is 4.98 Å². The molecule has 7 heteroatoms. The summed E-state index contributed by atoms with van der Waals surface area (Å²) in [4.78, 5) is 31.4. The molecule has 4 aromatic rings. The van der Waals surface area contributed by atoms with E-state index in [1.54, 1.807) is 23.2 Å². The van der Waals surface area contributed by atoms with Gasteiger partial charge in [-0.25, -0.2) is 4.39 Å². The maximum absolute atomic E-state index is 13.8. The fourth-order valence-corrected chi connectivity index (χ4v) is 5.45. The van der Waals surface area contributed by atoms with Gasteiger partial charge in [0.2, 0.25) is 5.91 Å². The maximum Gasteiger partial charge on any atom is 0.259 e. The van der Waals surface area contributed by atoms with Crippen molar-refractivity contribution in [2.45, 2.75) is 26.5 Å². The first-order valence-electron chi connectivity index (χ1n) is 11.6. The molecule has 2 heterocycles. The van der Waals surface area contributed by atoms with E-state index in [-0.39, 0.29) is 12.5 Å². The summed E-state index contributed by atoms with van der Waals surface area (Å²) < 4.78 is 13.8. The summed E-state index contributed by atoms with van der Waals surface area (Å²) >= 11 is 0. The molecule has 6 rings (SSSR count). The number of anilines is 1. The van der Waals surface area contributed by atoms with Crippen molar-refractivity contribution in [2.75, 3.05) is 4.90 Å². The molecule has 0 spiro atoms. The fourth-order valence-electron chi connectivity index (χ4n) is 5.45. The summed E-state index contributed by atoms with van der Waals surface area (Å²) in [5.41, 5.74) is 14.9. The number of rotatable bonds is 4. The summed E-state index contributed by atoms with van der Waals surface area (Å²) in [7, 11) is 0. The van der Waals surface area contributed by atoms with E-state index in [9.17, 15) is 19.1 Å². The first-order chi connectivity index (χ1) is 17.4. The van der Waals surface area contributed by atoms with E-state index in [1.165, 1.54) is 12.1 Å². The molecular formula is C29H22FN3O3. The Labute approximate surface area is 206 Å². The van der Waals surface area contributed by atoms with Crippen LogP contribution >= 0.6 is 0 Å². The Morgan fingerprint density at radius 2 is 1.89 bits per heavy atom. The Balaban J connectivity index is 1.52. The first kappa shape index (κ1) is 22.1. The summed E-state index contributed by atoms with van der Waals surface area (Å²) in [6.07, 6.45) is 2.25. The molecule has 36 heavy (non-hydrogen) atoms. The number of primary amides is 1. The minimum Gasteiger partial charge on any atom is -0.390 e. The van der Waals surface area contributed by atoms with Gasteiger partial charge in [0.05, 0.1) is 18.8 Å². The first-order valence-corrected chi connectivity index (χ1v) is 11.6. The van der Waals surface area contributed by atoms with E-state index < -0.39 is 11.7 Å². The number of aliphatic hydroxyl groups excluding tert-OH is 1. The molecule has 0 bridgehead atoms. The normalized spacial score (nSPS) is 13.5. The molecule has 178 valence electrons. The minimum absolute atomic E-state index is 0.194. The number of benzene rings is 3. The van der Waals surface area contributed by atoms with Crippen LogP contribution in [-0.4, -0.2) is 21.9 Å². The Morgan fingerprint density at radius 3 is 2.67 bits per heavy atom. The molecule has 6 nitrogen and oxygen atoms in total. The summed E-state index contributed by atoms with van der Waals surface area (Å²) in [6, 6.07) is 15.6. The molecular weight excluding hydrogens is 457 g/mol. The third kappa shape index (κ3) is 3.24. The number of aliphatic hydroxyl groups is 1. The standard InChI is InChI=1S/C29H22FN3O3/c1-15-20(3-2-4-26(15)33-13-16-5-6-18(30)10-24(16)29(33)36)21-7-8-22(28(31)35)25-9-17-12-32-19(14-34)11-23(17)27(21)25/h2-8,10-12,34H,9,13-14H2,1H3,(H2,31,35). The monoisotopic (exact) mass is 479 g/mol. The highest BCUT2D eigenvalue weighted by molar-refractivity contribution is 6.11. The Kier molecular flexibility index (Phi) is 4.98. The highest BCUT2D eigenvalue weighted by Gasteiger charge is 2.32. The maximum atomic E-state index is 13.8. The van der Waals surface area contributed by atoms with E-state index in [1.807, 2.05) is 37.3 Å². The van der Waals surface area contributed by atoms with Gasteiger partial charge in [-0.1, -0.05) is 24.3 Å². The number of carbonyl (C=O) groups is 2. The van der Waals surface area contributed by atoms with Gasteiger partial charge >= 0.3 is 0 Å². The molecule has 1 aromatic heterocycles. The summed E-state index contributed by atoms with van der Waals surface area (Å²) in [5, 5.41) is 9.67. The van der Waals surface area contributed by atoms with Crippen molar-refractivity contribution >= 4 is 17.5 Å². The Bertz CT molecular complexity index is 1610. The van der Waals surface area contributed by atoms with E-state index in [4.69, 9.17) is 5.73 Å². The third-order valence-corrected chi connectivity index (χ3v) is 7.18. The second kappa shape index (κ2) is 8.10. The van der Waals surface area contributed by atoms with Gasteiger partial charge in [-0.15, -0.1) is 0 Å². The van der Waals surface area contributed by atoms with E-state index in [0.717, 1.165) is 50.2 Å². The van der Waals surface area contributed by atoms with Crippen LogP contribution in [0.2, 0.25) is 0 Å². The van der Waals surface area contributed by atoms with Crippen LogP contribution in [0.5, 0.6) is 0 Å². The molecule has 1 aliphatic heterocycles. The van der Waals surface area contributed by atoms with Gasteiger partial charge in [0.25, 0.3) is 5.91 Å². The van der Waals surface area contributed by atoms with Gasteiger partial charge in [0.15, 0.2) is 0 Å². The highest BCUT2D eigenvalue weighted by Crippen LogP contribution is 2.46. The second-order valence-corrected chi connectivity index (χ2v) is 9.19. The lowest BCUT2D eigenvalue weighted by Gasteiger charge is -2.22. The van der Waals surface area contributed by atoms with E-state index in [2.05, 4.69) is 4.98 Å². The molecule has 2 amide bonds. The minimum atomic E-state index is -0.501. The van der Waals surface area contributed by atoms with Crippen LogP contribution < -0.4 is 10.6 Å². The van der Waals surface area contributed by atoms with Gasteiger partial charge in [-0.05, 0) is 81.8 Å². The van der Waals surface area contributed by atoms with Crippen molar-refractivity contribution < 1.29 is 19.1 Å². The van der Waals surface area contributed by atoms with Gasteiger partial charge in [-0.3, -0.25) is 14.6 Å². The number of pyridine rings is 1. The molecule has 3 N–H and O–H groups in total. The number of nitrogens with zero attached hydrogens (tertiary/aromatic N) is 2. The predicted octanol–water partition coefficient (Wildman–Crippen LogP) is 4.52. The van der Waals surface area contributed by atoms with Crippen LogP contribution in [0.1, 0.15) is 48.7 Å². The smallest absolute Gasteiger partial charge is 0.259 e. The number of hydrogen-bond acceptors (Lipinski definition) is 4. The molecule has 3 aromatic carbocycles. The molecule has 0 atom stereocenters. The average Bonchev–Trinajstić information content (AvgIpc) is 3.41. The molecule has 0 radical (unpaired) electrons. The van der Waals surface area contributed by atoms with Crippen LogP contribution in [0.15, 0.2) is 60.8 Å². The number of nitrogens with two attached hydrogens (primary N) is 1. The molecule has 0 saturated carbocycles. The summed E-state index contributed by atoms with van der Waals surface area (Å²) in [5.74, 6) is -1.17. The molecule has 1 aliphatic carbocycles. The van der Waals surface area contributed by atoms with Crippen LogP contribution in [0.25, 0.3) is 22.3 Å². The second-order valence-electron chi connectivity index (χ2n) is 9.19. The zero-order chi connectivity index (χ0) is 25.1. The van der Waals surface area contributed by atoms with Crippen molar-refractivity contribution in [3.8, 4) is 22.3 Å². The number of aromatic nitrogens is 1. The zero-order valence-electron chi connectivity index (χ0n) is 19.5. The Hall–Kier alpha value is -4.36. The number of carbonyl (C=O) groups excluding carboxylic acids is 2. The van der Waals surface area contributed by atoms with Crippen molar-refractivity contribution in [3.05, 3.63) is 106 Å². The SMILES string of the molecule is Cc1c(-c2ccc(C(N)=O)c3c2-c2cc(CO)ncc2C3)cccc1N1Cc2ccc(F)cc2C1=O. The Morgan fingerprint density at radius 1 is 1.06 bits per heavy atom. The van der Waals surface area contributed by atoms with Gasteiger partial charge in [0, 0.05) is 29.4 Å². The molecule has 0 saturated heterocycles. The number of halogens is 1. The van der Waals surface area contributed by atoms with Crippen molar-refractivity contribution in [3.63, 3.8) is 0 Å². The van der Waals surface area contributed by atoms with Crippen LogP contribution in [0, 0.1) is 12.7 Å². The number of amides is 2. The predicted molar refractivity (Wildman–Crippen MR) is 134 cm³/mol. The molecule has 0 unspecified atom stereocenters. The molecule has 0 fully saturated rings. The number of hydrogen-bond donors (Lipinski definition) is 2. The van der Waals surface area contributed by atoms with Gasteiger partial charge in [-0.2, -0.15) is 0 Å². The quantitative estimate of drug-likeness (QED) is 0.396. The molecule has 2 aliphatic rings. The van der Waals surface area contributed by atoms with Gasteiger partial charge < -0.3 is 15.7 Å². The highest BCUT2D eigenvalue weighted by atomic mass is 19.1. The van der Waals surface area contributed by atoms with Crippen molar-refractivity contribution in [2.24, 2.45) is 5.73 Å². The van der Waals surface area contributed by atoms with Crippen LogP contribution in [0.4, 0.5) is 10.1 Å². The van der Waals surface area contributed by atoms with Crippen LogP contribution in [0.3, 0.4) is 0 Å². The van der Waals surface area contributed by atoms with Gasteiger partial charge in [0.1, 0.15) is 5.82 Å². The summed E-state index contributed by atoms with van der Waals surface area (Å²) in [6.45, 7) is 2.13. The zero-order valence-corrected chi connectivity index (χ0v) is 19.5. The van der Waals surface area contributed by atoms with Crippen LogP contribution in [-0.2, 0) is 19.6 Å². The largest absolute Gasteiger partial charge is 0.390 e. The van der Waals surface area contributed by atoms with Crippen molar-refractivity contribution in [1.29, 1.82) is 0 Å². The topological polar surface area (TPSA) is 96.5 Å².